The van der Waals surface area contributed by atoms with Gasteiger partial charge in [-0.05, 0) is 18.4 Å². The van der Waals surface area contributed by atoms with Crippen LogP contribution in [0.15, 0.2) is 24.3 Å². The molecule has 2 unspecified atom stereocenters. The second kappa shape index (κ2) is 5.61. The number of hydrogen-bond donors (Lipinski definition) is 0. The summed E-state index contributed by atoms with van der Waals surface area (Å²) in [6.45, 7) is 8.66. The van der Waals surface area contributed by atoms with E-state index in [0.717, 1.165) is 6.42 Å². The lowest BCUT2D eigenvalue weighted by Crippen LogP contribution is -2.03. The minimum Gasteiger partial charge on any atom is -0.103 e. The molecule has 0 bridgehead atoms. The Bertz CT molecular complexity index is 348. The van der Waals surface area contributed by atoms with Gasteiger partial charge in [0.1, 0.15) is 0 Å². The molecule has 0 heterocycles. The van der Waals surface area contributed by atoms with Gasteiger partial charge in [-0.15, -0.1) is 5.92 Å². The van der Waals surface area contributed by atoms with Gasteiger partial charge in [-0.2, -0.15) is 0 Å². The minimum absolute atomic E-state index is 0.438. The summed E-state index contributed by atoms with van der Waals surface area (Å²) in [5.41, 5.74) is 2.71. The average Bonchev–Trinajstić information content (AvgIpc) is 2.26. The van der Waals surface area contributed by atoms with E-state index in [4.69, 9.17) is 0 Å². The summed E-state index contributed by atoms with van der Waals surface area (Å²) in [5, 5.41) is 0. The quantitative estimate of drug-likeness (QED) is 0.629. The molecule has 0 nitrogen and oxygen atoms in total. The van der Waals surface area contributed by atoms with E-state index < -0.39 is 0 Å². The van der Waals surface area contributed by atoms with Gasteiger partial charge in [0.25, 0.3) is 0 Å². The predicted molar refractivity (Wildman–Crippen MR) is 66.8 cm³/mol. The Morgan fingerprint density at radius 2 is 1.73 bits per heavy atom. The first-order chi connectivity index (χ1) is 7.15. The Morgan fingerprint density at radius 3 is 2.27 bits per heavy atom. The van der Waals surface area contributed by atoms with Crippen molar-refractivity contribution >= 4 is 0 Å². The third-order valence-electron chi connectivity index (χ3n) is 2.86. The van der Waals surface area contributed by atoms with Gasteiger partial charge in [0.05, 0.1) is 0 Å². The summed E-state index contributed by atoms with van der Waals surface area (Å²) >= 11 is 0. The molecule has 2 atom stereocenters. The van der Waals surface area contributed by atoms with E-state index in [-0.39, 0.29) is 0 Å². The van der Waals surface area contributed by atoms with E-state index in [1.54, 1.807) is 0 Å². The molecule has 0 saturated heterocycles. The van der Waals surface area contributed by atoms with Crippen molar-refractivity contribution in [1.29, 1.82) is 0 Å². The Kier molecular flexibility index (Phi) is 4.43. The molecule has 1 rings (SSSR count). The van der Waals surface area contributed by atoms with Crippen molar-refractivity contribution in [1.82, 2.24) is 0 Å². The Morgan fingerprint density at radius 1 is 1.13 bits per heavy atom. The number of hydrogen-bond acceptors (Lipinski definition) is 0. The maximum Gasteiger partial charge on any atom is 0.0240 e. The normalized spacial score (nSPS) is 13.9. The Labute approximate surface area is 93.7 Å². The lowest BCUT2D eigenvalue weighted by atomic mass is 9.89. The lowest BCUT2D eigenvalue weighted by Gasteiger charge is -2.15. The molecule has 0 N–H and O–H groups in total. The van der Waals surface area contributed by atoms with E-state index >= 15 is 0 Å². The van der Waals surface area contributed by atoms with Crippen molar-refractivity contribution in [2.45, 2.75) is 40.0 Å². The second-order valence-electron chi connectivity index (χ2n) is 4.16. The highest BCUT2D eigenvalue weighted by Gasteiger charge is 2.11. The third kappa shape index (κ3) is 3.44. The minimum atomic E-state index is 0.438. The molecule has 1 aromatic carbocycles. The predicted octanol–water partition coefficient (Wildman–Crippen LogP) is 4.15. The van der Waals surface area contributed by atoms with E-state index in [2.05, 4.69) is 63.8 Å². The first-order valence-corrected chi connectivity index (χ1v) is 5.70. The van der Waals surface area contributed by atoms with Crippen LogP contribution in [-0.4, -0.2) is 0 Å². The Balaban J connectivity index is 2.75. The highest BCUT2D eigenvalue weighted by atomic mass is 14.1. The van der Waals surface area contributed by atoms with Gasteiger partial charge in [0, 0.05) is 12.3 Å². The van der Waals surface area contributed by atoms with Gasteiger partial charge < -0.3 is 0 Å². The van der Waals surface area contributed by atoms with E-state index in [9.17, 15) is 0 Å². The van der Waals surface area contributed by atoms with Crippen molar-refractivity contribution in [3.8, 4) is 11.8 Å². The fourth-order valence-corrected chi connectivity index (χ4v) is 1.55. The van der Waals surface area contributed by atoms with Crippen LogP contribution in [-0.2, 0) is 0 Å². The van der Waals surface area contributed by atoms with Crippen LogP contribution in [0.5, 0.6) is 0 Å². The number of rotatable bonds is 2. The van der Waals surface area contributed by atoms with Gasteiger partial charge in [-0.25, -0.2) is 0 Å². The van der Waals surface area contributed by atoms with Crippen molar-refractivity contribution in [2.75, 3.05) is 0 Å². The second-order valence-corrected chi connectivity index (χ2v) is 4.16. The summed E-state index contributed by atoms with van der Waals surface area (Å²) in [6, 6.07) is 8.77. The van der Waals surface area contributed by atoms with Crippen molar-refractivity contribution in [2.24, 2.45) is 5.92 Å². The van der Waals surface area contributed by atoms with Crippen molar-refractivity contribution in [3.63, 3.8) is 0 Å². The molecule has 0 saturated carbocycles. The Hall–Kier alpha value is -1.22. The van der Waals surface area contributed by atoms with Gasteiger partial charge in [0.2, 0.25) is 0 Å². The summed E-state index contributed by atoms with van der Waals surface area (Å²) in [5.74, 6) is 7.41. The van der Waals surface area contributed by atoms with Crippen LogP contribution in [0.2, 0.25) is 0 Å². The number of aryl methyl sites for hydroxylation is 1. The third-order valence-corrected chi connectivity index (χ3v) is 2.86. The first kappa shape index (κ1) is 11.9. The molecule has 15 heavy (non-hydrogen) atoms. The van der Waals surface area contributed by atoms with E-state index in [1.165, 1.54) is 11.1 Å². The van der Waals surface area contributed by atoms with E-state index in [1.807, 2.05) is 0 Å². The van der Waals surface area contributed by atoms with Crippen LogP contribution in [0, 0.1) is 24.7 Å². The van der Waals surface area contributed by atoms with Crippen LogP contribution >= 0.6 is 0 Å². The van der Waals surface area contributed by atoms with Gasteiger partial charge in [0.15, 0.2) is 0 Å². The standard InChI is InChI=1S/C15H20/c1-5-6-7-13(3)14(4)15-10-8-12(2)9-11-15/h8-11,13-14H,5H2,1-4H3. The zero-order valence-corrected chi connectivity index (χ0v) is 10.2. The maximum absolute atomic E-state index is 3.30. The van der Waals surface area contributed by atoms with Crippen molar-refractivity contribution in [3.05, 3.63) is 35.4 Å². The molecule has 0 aliphatic rings. The zero-order chi connectivity index (χ0) is 11.3. The first-order valence-electron chi connectivity index (χ1n) is 5.70. The van der Waals surface area contributed by atoms with Crippen LogP contribution in [0.1, 0.15) is 44.2 Å². The van der Waals surface area contributed by atoms with Crippen LogP contribution < -0.4 is 0 Å². The smallest absolute Gasteiger partial charge is 0.0240 e. The molecule has 80 valence electrons. The molecular weight excluding hydrogens is 180 g/mol. The van der Waals surface area contributed by atoms with Crippen molar-refractivity contribution < 1.29 is 0 Å². The fraction of sp³-hybridized carbons (Fsp3) is 0.467. The topological polar surface area (TPSA) is 0 Å². The maximum atomic E-state index is 3.30. The lowest BCUT2D eigenvalue weighted by molar-refractivity contribution is 0.609. The average molecular weight is 200 g/mol. The highest BCUT2D eigenvalue weighted by Crippen LogP contribution is 2.23. The molecule has 1 aromatic rings. The van der Waals surface area contributed by atoms with Crippen LogP contribution in [0.3, 0.4) is 0 Å². The zero-order valence-electron chi connectivity index (χ0n) is 10.2. The largest absolute Gasteiger partial charge is 0.103 e. The fourth-order valence-electron chi connectivity index (χ4n) is 1.55. The monoisotopic (exact) mass is 200 g/mol. The highest BCUT2D eigenvalue weighted by molar-refractivity contribution is 5.26. The molecule has 0 aliphatic carbocycles. The molecule has 0 heteroatoms. The summed E-state index contributed by atoms with van der Waals surface area (Å²) in [4.78, 5) is 0. The van der Waals surface area contributed by atoms with E-state index in [0.29, 0.717) is 11.8 Å². The SMILES string of the molecule is CCC#CC(C)C(C)c1ccc(C)cc1. The molecule has 0 radical (unpaired) electrons. The molecule has 0 fully saturated rings. The van der Waals surface area contributed by atoms with Gasteiger partial charge in [-0.1, -0.05) is 56.5 Å². The summed E-state index contributed by atoms with van der Waals surface area (Å²) in [7, 11) is 0. The summed E-state index contributed by atoms with van der Waals surface area (Å²) in [6.07, 6.45) is 0.949. The molecule has 0 aliphatic heterocycles. The molecule has 0 spiro atoms. The molecule has 0 aromatic heterocycles. The van der Waals surface area contributed by atoms with Crippen LogP contribution in [0.4, 0.5) is 0 Å². The van der Waals surface area contributed by atoms with Gasteiger partial charge >= 0.3 is 0 Å². The van der Waals surface area contributed by atoms with Gasteiger partial charge in [-0.3, -0.25) is 0 Å². The molecule has 0 amide bonds. The number of benzene rings is 1. The molecular formula is C15H20. The van der Waals surface area contributed by atoms with Crippen LogP contribution in [0.25, 0.3) is 0 Å². The summed E-state index contributed by atoms with van der Waals surface area (Å²) < 4.78 is 0.